The monoisotopic (exact) mass is 347 g/mol. The van der Waals surface area contributed by atoms with Crippen molar-refractivity contribution in [2.75, 3.05) is 5.32 Å². The lowest BCUT2D eigenvalue weighted by molar-refractivity contribution is 0.525. The van der Waals surface area contributed by atoms with E-state index in [1.807, 2.05) is 37.3 Å². The molecule has 4 heteroatoms. The standard InChI is InChI=1S/C17H15BrFNO/c1-10-14(19)4-3-5-15(10)20-11(2)17-9-12-8-13(18)6-7-16(12)21-17/h3-9,11,20H,1-2H3. The van der Waals surface area contributed by atoms with Gasteiger partial charge in [-0.2, -0.15) is 0 Å². The fraction of sp³-hybridized carbons (Fsp3) is 0.176. The van der Waals surface area contributed by atoms with Crippen LogP contribution in [0, 0.1) is 12.7 Å². The number of hydrogen-bond acceptors (Lipinski definition) is 2. The van der Waals surface area contributed by atoms with E-state index >= 15 is 0 Å². The molecule has 0 aliphatic rings. The van der Waals surface area contributed by atoms with Crippen molar-refractivity contribution in [2.45, 2.75) is 19.9 Å². The third-order valence-electron chi connectivity index (χ3n) is 3.56. The van der Waals surface area contributed by atoms with Crippen LogP contribution in [0.5, 0.6) is 0 Å². The first kappa shape index (κ1) is 14.1. The summed E-state index contributed by atoms with van der Waals surface area (Å²) in [5.74, 6) is 0.618. The molecule has 0 saturated heterocycles. The molecule has 0 saturated carbocycles. The molecule has 0 amide bonds. The molecule has 1 heterocycles. The maximum Gasteiger partial charge on any atom is 0.134 e. The molecule has 1 unspecified atom stereocenters. The molecular weight excluding hydrogens is 333 g/mol. The average molecular weight is 348 g/mol. The minimum absolute atomic E-state index is 0.0447. The maximum absolute atomic E-state index is 13.6. The van der Waals surface area contributed by atoms with Crippen LogP contribution in [0.2, 0.25) is 0 Å². The van der Waals surface area contributed by atoms with E-state index in [1.54, 1.807) is 13.0 Å². The van der Waals surface area contributed by atoms with Crippen molar-refractivity contribution in [3.8, 4) is 0 Å². The lowest BCUT2D eigenvalue weighted by Crippen LogP contribution is -2.07. The van der Waals surface area contributed by atoms with E-state index in [-0.39, 0.29) is 11.9 Å². The van der Waals surface area contributed by atoms with E-state index < -0.39 is 0 Å². The smallest absolute Gasteiger partial charge is 0.134 e. The number of rotatable bonds is 3. The molecule has 21 heavy (non-hydrogen) atoms. The van der Waals surface area contributed by atoms with E-state index in [4.69, 9.17) is 4.42 Å². The Labute approximate surface area is 131 Å². The summed E-state index contributed by atoms with van der Waals surface area (Å²) in [7, 11) is 0. The van der Waals surface area contributed by atoms with Gasteiger partial charge in [0.15, 0.2) is 0 Å². The molecule has 108 valence electrons. The zero-order chi connectivity index (χ0) is 15.0. The number of fused-ring (bicyclic) bond motifs is 1. The Hall–Kier alpha value is -1.81. The van der Waals surface area contributed by atoms with Gasteiger partial charge in [0.05, 0.1) is 6.04 Å². The van der Waals surface area contributed by atoms with Crippen LogP contribution in [0.25, 0.3) is 11.0 Å². The van der Waals surface area contributed by atoms with Gasteiger partial charge in [0.1, 0.15) is 17.2 Å². The summed E-state index contributed by atoms with van der Waals surface area (Å²) in [4.78, 5) is 0. The first-order chi connectivity index (χ1) is 10.0. The third kappa shape index (κ3) is 2.81. The van der Waals surface area contributed by atoms with Crippen LogP contribution in [0.1, 0.15) is 24.3 Å². The van der Waals surface area contributed by atoms with Crippen molar-refractivity contribution < 1.29 is 8.81 Å². The van der Waals surface area contributed by atoms with Crippen molar-refractivity contribution in [1.82, 2.24) is 0 Å². The number of hydrogen-bond donors (Lipinski definition) is 1. The zero-order valence-corrected chi connectivity index (χ0v) is 13.4. The van der Waals surface area contributed by atoms with Gasteiger partial charge in [-0.3, -0.25) is 0 Å². The molecule has 3 rings (SSSR count). The Morgan fingerprint density at radius 1 is 1.19 bits per heavy atom. The number of anilines is 1. The van der Waals surface area contributed by atoms with Crippen molar-refractivity contribution >= 4 is 32.6 Å². The molecule has 0 aliphatic carbocycles. The van der Waals surface area contributed by atoms with Crippen LogP contribution >= 0.6 is 15.9 Å². The van der Waals surface area contributed by atoms with Crippen LogP contribution in [-0.4, -0.2) is 0 Å². The second-order valence-corrected chi connectivity index (χ2v) is 6.03. The Morgan fingerprint density at radius 3 is 2.81 bits per heavy atom. The normalized spacial score (nSPS) is 12.6. The van der Waals surface area contributed by atoms with Gasteiger partial charge in [0, 0.05) is 21.1 Å². The topological polar surface area (TPSA) is 25.2 Å². The van der Waals surface area contributed by atoms with Crippen LogP contribution in [-0.2, 0) is 0 Å². The largest absolute Gasteiger partial charge is 0.459 e. The molecule has 1 N–H and O–H groups in total. The second kappa shape index (κ2) is 5.53. The molecule has 3 aromatic rings. The quantitative estimate of drug-likeness (QED) is 0.646. The summed E-state index contributed by atoms with van der Waals surface area (Å²) in [5, 5.41) is 4.34. The lowest BCUT2D eigenvalue weighted by Gasteiger charge is -2.15. The summed E-state index contributed by atoms with van der Waals surface area (Å²) in [5.41, 5.74) is 2.24. The van der Waals surface area contributed by atoms with Crippen molar-refractivity contribution in [3.05, 3.63) is 64.1 Å². The molecule has 0 aliphatic heterocycles. The van der Waals surface area contributed by atoms with Crippen LogP contribution < -0.4 is 5.32 Å². The van der Waals surface area contributed by atoms with Gasteiger partial charge >= 0.3 is 0 Å². The fourth-order valence-corrected chi connectivity index (χ4v) is 2.70. The maximum atomic E-state index is 13.6. The minimum Gasteiger partial charge on any atom is -0.459 e. The first-order valence-electron chi connectivity index (χ1n) is 6.75. The van der Waals surface area contributed by atoms with E-state index in [2.05, 4.69) is 21.2 Å². The Morgan fingerprint density at radius 2 is 2.00 bits per heavy atom. The number of nitrogens with one attached hydrogen (secondary N) is 1. The molecule has 1 aromatic heterocycles. The highest BCUT2D eigenvalue weighted by Crippen LogP contribution is 2.29. The molecule has 1 atom stereocenters. The van der Waals surface area contributed by atoms with Gasteiger partial charge in [0.25, 0.3) is 0 Å². The Balaban J connectivity index is 1.89. The Kier molecular flexibility index (Phi) is 3.72. The summed E-state index contributed by atoms with van der Waals surface area (Å²) in [6, 6.07) is 12.9. The number of furan rings is 1. The third-order valence-corrected chi connectivity index (χ3v) is 4.06. The van der Waals surface area contributed by atoms with E-state index in [9.17, 15) is 4.39 Å². The summed E-state index contributed by atoms with van der Waals surface area (Å²) in [6.45, 7) is 3.76. The van der Waals surface area contributed by atoms with E-state index in [1.165, 1.54) is 6.07 Å². The lowest BCUT2D eigenvalue weighted by atomic mass is 10.1. The summed E-state index contributed by atoms with van der Waals surface area (Å²) in [6.07, 6.45) is 0. The van der Waals surface area contributed by atoms with Crippen molar-refractivity contribution in [1.29, 1.82) is 0 Å². The molecule has 0 fully saturated rings. The summed E-state index contributed by atoms with van der Waals surface area (Å²) >= 11 is 3.45. The van der Waals surface area contributed by atoms with Crippen LogP contribution in [0.3, 0.4) is 0 Å². The zero-order valence-electron chi connectivity index (χ0n) is 11.8. The predicted octanol–water partition coefficient (Wildman–Crippen LogP) is 5.82. The summed E-state index contributed by atoms with van der Waals surface area (Å²) < 4.78 is 20.4. The fourth-order valence-electron chi connectivity index (χ4n) is 2.32. The van der Waals surface area contributed by atoms with Crippen molar-refractivity contribution in [3.63, 3.8) is 0 Å². The molecule has 0 bridgehead atoms. The molecule has 2 aromatic carbocycles. The first-order valence-corrected chi connectivity index (χ1v) is 7.54. The van der Waals surface area contributed by atoms with Gasteiger partial charge in [0.2, 0.25) is 0 Å². The van der Waals surface area contributed by atoms with Gasteiger partial charge in [-0.25, -0.2) is 4.39 Å². The van der Waals surface area contributed by atoms with Gasteiger partial charge in [-0.15, -0.1) is 0 Å². The van der Waals surface area contributed by atoms with Crippen LogP contribution in [0.15, 0.2) is 51.4 Å². The average Bonchev–Trinajstić information content (AvgIpc) is 2.87. The highest BCUT2D eigenvalue weighted by atomic mass is 79.9. The van der Waals surface area contributed by atoms with E-state index in [0.29, 0.717) is 5.56 Å². The van der Waals surface area contributed by atoms with Crippen LogP contribution in [0.4, 0.5) is 10.1 Å². The number of benzene rings is 2. The van der Waals surface area contributed by atoms with Gasteiger partial charge in [-0.05, 0) is 50.2 Å². The van der Waals surface area contributed by atoms with E-state index in [0.717, 1.165) is 26.9 Å². The minimum atomic E-state index is -0.208. The molecule has 0 spiro atoms. The Bertz CT molecular complexity index is 797. The SMILES string of the molecule is Cc1c(F)cccc1NC(C)c1cc2cc(Br)ccc2o1. The van der Waals surface area contributed by atoms with Crippen molar-refractivity contribution in [2.24, 2.45) is 0 Å². The highest BCUT2D eigenvalue weighted by Gasteiger charge is 2.13. The second-order valence-electron chi connectivity index (χ2n) is 5.11. The molecular formula is C17H15BrFNO. The highest BCUT2D eigenvalue weighted by molar-refractivity contribution is 9.10. The molecule has 2 nitrogen and oxygen atoms in total. The molecule has 0 radical (unpaired) electrons. The predicted molar refractivity (Wildman–Crippen MR) is 87.1 cm³/mol. The van der Waals surface area contributed by atoms with Gasteiger partial charge in [-0.1, -0.05) is 22.0 Å². The van der Waals surface area contributed by atoms with Gasteiger partial charge < -0.3 is 9.73 Å². The number of halogens is 2.